The highest BCUT2D eigenvalue weighted by Gasteiger charge is 2.09. The van der Waals surface area contributed by atoms with Gasteiger partial charge in [-0.3, -0.25) is 5.41 Å². The fourth-order valence-electron chi connectivity index (χ4n) is 1.71. The molecule has 104 valence electrons. The van der Waals surface area contributed by atoms with Crippen molar-refractivity contribution in [2.75, 3.05) is 14.2 Å². The number of amidine groups is 1. The number of nitrogens with one attached hydrogen (secondary N) is 1. The number of methoxy groups -OCH3 is 2. The van der Waals surface area contributed by atoms with Gasteiger partial charge in [0.05, 0.1) is 14.2 Å². The minimum absolute atomic E-state index is 0.0451. The Hall–Kier alpha value is -2.14. The van der Waals surface area contributed by atoms with Crippen molar-refractivity contribution in [2.24, 2.45) is 5.73 Å². The van der Waals surface area contributed by atoms with E-state index in [4.69, 9.17) is 20.6 Å². The molecule has 0 heterocycles. The molecule has 0 aliphatic rings. The van der Waals surface area contributed by atoms with E-state index < -0.39 is 0 Å². The SMILES string of the molecule is COc1ccc(Sc2cc(OC)ccc2C(=N)N)cc1. The van der Waals surface area contributed by atoms with Crippen molar-refractivity contribution in [1.29, 1.82) is 5.41 Å². The lowest BCUT2D eigenvalue weighted by Gasteiger charge is -2.10. The Bertz CT molecular complexity index is 612. The van der Waals surface area contributed by atoms with Gasteiger partial charge in [0.25, 0.3) is 0 Å². The Morgan fingerprint density at radius 2 is 1.60 bits per heavy atom. The van der Waals surface area contributed by atoms with Crippen molar-refractivity contribution in [3.8, 4) is 11.5 Å². The van der Waals surface area contributed by atoms with Crippen LogP contribution in [-0.2, 0) is 0 Å². The van der Waals surface area contributed by atoms with Crippen LogP contribution in [0.25, 0.3) is 0 Å². The van der Waals surface area contributed by atoms with E-state index in [0.29, 0.717) is 5.56 Å². The third-order valence-electron chi connectivity index (χ3n) is 2.77. The molecule has 0 saturated carbocycles. The molecular weight excluding hydrogens is 272 g/mol. The minimum Gasteiger partial charge on any atom is -0.497 e. The molecule has 2 aromatic carbocycles. The standard InChI is InChI=1S/C15H16N2O2S/c1-18-10-3-6-12(7-4-10)20-14-9-11(19-2)5-8-13(14)15(16)17/h3-9H,1-2H3,(H3,16,17). The summed E-state index contributed by atoms with van der Waals surface area (Å²) >= 11 is 1.53. The molecule has 0 atom stereocenters. The first-order chi connectivity index (χ1) is 9.63. The molecule has 5 heteroatoms. The molecule has 2 rings (SSSR count). The van der Waals surface area contributed by atoms with Crippen molar-refractivity contribution >= 4 is 17.6 Å². The van der Waals surface area contributed by atoms with Gasteiger partial charge >= 0.3 is 0 Å². The Morgan fingerprint density at radius 1 is 1.00 bits per heavy atom. The second-order valence-corrected chi connectivity index (χ2v) is 5.17. The number of hydrogen-bond donors (Lipinski definition) is 2. The first-order valence-corrected chi connectivity index (χ1v) is 6.80. The Morgan fingerprint density at radius 3 is 2.15 bits per heavy atom. The van der Waals surface area contributed by atoms with Gasteiger partial charge in [0.15, 0.2) is 0 Å². The lowest BCUT2D eigenvalue weighted by Crippen LogP contribution is -2.12. The molecular formula is C15H16N2O2S. The zero-order valence-corrected chi connectivity index (χ0v) is 12.2. The summed E-state index contributed by atoms with van der Waals surface area (Å²) < 4.78 is 10.4. The maximum absolute atomic E-state index is 7.64. The lowest BCUT2D eigenvalue weighted by molar-refractivity contribution is 0.413. The van der Waals surface area contributed by atoms with Gasteiger partial charge in [-0.15, -0.1) is 0 Å². The molecule has 3 N–H and O–H groups in total. The molecule has 0 aliphatic carbocycles. The van der Waals surface area contributed by atoms with E-state index in [-0.39, 0.29) is 5.84 Å². The predicted octanol–water partition coefficient (Wildman–Crippen LogP) is 3.14. The average molecular weight is 288 g/mol. The fourth-order valence-corrected chi connectivity index (χ4v) is 2.70. The molecule has 0 unspecified atom stereocenters. The third-order valence-corrected chi connectivity index (χ3v) is 3.83. The van der Waals surface area contributed by atoms with E-state index in [2.05, 4.69) is 0 Å². The van der Waals surface area contributed by atoms with Crippen LogP contribution >= 0.6 is 11.8 Å². The first-order valence-electron chi connectivity index (χ1n) is 5.98. The first kappa shape index (κ1) is 14.3. The van der Waals surface area contributed by atoms with Gasteiger partial charge in [-0.05, 0) is 42.5 Å². The molecule has 0 fully saturated rings. The quantitative estimate of drug-likeness (QED) is 0.655. The largest absolute Gasteiger partial charge is 0.497 e. The summed E-state index contributed by atoms with van der Waals surface area (Å²) in [6, 6.07) is 13.2. The van der Waals surface area contributed by atoms with Crippen LogP contribution in [-0.4, -0.2) is 20.1 Å². The minimum atomic E-state index is 0.0451. The van der Waals surface area contributed by atoms with Crippen molar-refractivity contribution in [3.05, 3.63) is 48.0 Å². The summed E-state index contributed by atoms with van der Waals surface area (Å²) in [5, 5.41) is 7.64. The number of rotatable bonds is 5. The second kappa shape index (κ2) is 6.34. The second-order valence-electron chi connectivity index (χ2n) is 4.05. The van der Waals surface area contributed by atoms with Gasteiger partial charge in [0.2, 0.25) is 0 Å². The van der Waals surface area contributed by atoms with Crippen LogP contribution in [0.1, 0.15) is 5.56 Å². The van der Waals surface area contributed by atoms with E-state index in [1.807, 2.05) is 30.3 Å². The zero-order valence-electron chi connectivity index (χ0n) is 11.3. The number of nitrogens with two attached hydrogens (primary N) is 1. The molecule has 4 nitrogen and oxygen atoms in total. The average Bonchev–Trinajstić information content (AvgIpc) is 2.47. The summed E-state index contributed by atoms with van der Waals surface area (Å²) in [7, 11) is 3.25. The molecule has 0 radical (unpaired) electrons. The number of hydrogen-bond acceptors (Lipinski definition) is 4. The maximum atomic E-state index is 7.64. The Kier molecular flexibility index (Phi) is 4.53. The molecule has 20 heavy (non-hydrogen) atoms. The monoisotopic (exact) mass is 288 g/mol. The van der Waals surface area contributed by atoms with Gasteiger partial charge in [0, 0.05) is 15.4 Å². The molecule has 2 aromatic rings. The normalized spacial score (nSPS) is 10.1. The Labute approximate surface area is 122 Å². The maximum Gasteiger partial charge on any atom is 0.123 e. The van der Waals surface area contributed by atoms with Gasteiger partial charge < -0.3 is 15.2 Å². The third kappa shape index (κ3) is 3.24. The van der Waals surface area contributed by atoms with Gasteiger partial charge in [-0.1, -0.05) is 11.8 Å². The summed E-state index contributed by atoms with van der Waals surface area (Å²) in [6.45, 7) is 0. The Balaban J connectivity index is 2.32. The van der Waals surface area contributed by atoms with Crippen molar-refractivity contribution in [3.63, 3.8) is 0 Å². The highest BCUT2D eigenvalue weighted by Crippen LogP contribution is 2.33. The summed E-state index contributed by atoms with van der Waals surface area (Å²) in [6.07, 6.45) is 0. The molecule has 0 bridgehead atoms. The predicted molar refractivity (Wildman–Crippen MR) is 81.1 cm³/mol. The van der Waals surface area contributed by atoms with Gasteiger partial charge in [-0.25, -0.2) is 0 Å². The van der Waals surface area contributed by atoms with Crippen LogP contribution in [0.3, 0.4) is 0 Å². The molecule has 0 aromatic heterocycles. The molecule has 0 saturated heterocycles. The number of ether oxygens (including phenoxy) is 2. The van der Waals surface area contributed by atoms with E-state index in [1.54, 1.807) is 26.4 Å². The lowest BCUT2D eigenvalue weighted by atomic mass is 10.2. The van der Waals surface area contributed by atoms with Crippen LogP contribution in [0, 0.1) is 5.41 Å². The molecule has 0 aliphatic heterocycles. The van der Waals surface area contributed by atoms with E-state index in [1.165, 1.54) is 11.8 Å². The topological polar surface area (TPSA) is 68.3 Å². The fraction of sp³-hybridized carbons (Fsp3) is 0.133. The highest BCUT2D eigenvalue weighted by atomic mass is 32.2. The summed E-state index contributed by atoms with van der Waals surface area (Å²) in [5.74, 6) is 1.60. The van der Waals surface area contributed by atoms with Crippen LogP contribution < -0.4 is 15.2 Å². The molecule has 0 spiro atoms. The van der Waals surface area contributed by atoms with Crippen molar-refractivity contribution in [1.82, 2.24) is 0 Å². The van der Waals surface area contributed by atoms with E-state index >= 15 is 0 Å². The van der Waals surface area contributed by atoms with Crippen molar-refractivity contribution < 1.29 is 9.47 Å². The van der Waals surface area contributed by atoms with Crippen LogP contribution in [0.2, 0.25) is 0 Å². The number of nitrogen functional groups attached to an aromatic ring is 1. The van der Waals surface area contributed by atoms with Crippen LogP contribution in [0.5, 0.6) is 11.5 Å². The van der Waals surface area contributed by atoms with Crippen LogP contribution in [0.15, 0.2) is 52.3 Å². The zero-order chi connectivity index (χ0) is 14.5. The van der Waals surface area contributed by atoms with Crippen LogP contribution in [0.4, 0.5) is 0 Å². The summed E-state index contributed by atoms with van der Waals surface area (Å²) in [5.41, 5.74) is 6.32. The highest BCUT2D eigenvalue weighted by molar-refractivity contribution is 7.99. The van der Waals surface area contributed by atoms with E-state index in [9.17, 15) is 0 Å². The molecule has 0 amide bonds. The van der Waals surface area contributed by atoms with Crippen molar-refractivity contribution in [2.45, 2.75) is 9.79 Å². The van der Waals surface area contributed by atoms with Gasteiger partial charge in [0.1, 0.15) is 17.3 Å². The van der Waals surface area contributed by atoms with Gasteiger partial charge in [-0.2, -0.15) is 0 Å². The van der Waals surface area contributed by atoms with E-state index in [0.717, 1.165) is 21.3 Å². The number of benzene rings is 2. The summed E-state index contributed by atoms with van der Waals surface area (Å²) in [4.78, 5) is 1.93. The smallest absolute Gasteiger partial charge is 0.123 e.